The van der Waals surface area contributed by atoms with E-state index in [4.69, 9.17) is 10.5 Å². The largest absolute Gasteiger partial charge is 0.573 e. The number of hydrogen-bond donors (Lipinski definition) is 2. The Kier molecular flexibility index (Phi) is 8.88. The van der Waals surface area contributed by atoms with Crippen molar-refractivity contribution in [3.63, 3.8) is 0 Å². The minimum atomic E-state index is -4.73. The van der Waals surface area contributed by atoms with Crippen LogP contribution in [-0.4, -0.2) is 36.2 Å². The molecular weight excluding hydrogens is 519 g/mol. The van der Waals surface area contributed by atoms with Gasteiger partial charge in [0.1, 0.15) is 5.75 Å². The third-order valence-corrected chi connectivity index (χ3v) is 8.35. The number of alkyl halides is 3. The second-order valence-electron chi connectivity index (χ2n) is 11.1. The van der Waals surface area contributed by atoms with Gasteiger partial charge in [0.25, 0.3) is 0 Å². The Hall–Kier alpha value is -3.20. The molecule has 2 unspecified atom stereocenters. The predicted octanol–water partition coefficient (Wildman–Crippen LogP) is 7.81. The molecule has 2 aliphatic carbocycles. The number of halogens is 3. The summed E-state index contributed by atoms with van der Waals surface area (Å²) < 4.78 is 50.0. The van der Waals surface area contributed by atoms with Crippen LogP contribution in [0, 0.1) is 0 Å². The van der Waals surface area contributed by atoms with Crippen molar-refractivity contribution in [2.75, 3.05) is 13.2 Å². The first-order chi connectivity index (χ1) is 19.3. The van der Waals surface area contributed by atoms with Crippen molar-refractivity contribution in [3.05, 3.63) is 54.2 Å². The summed E-state index contributed by atoms with van der Waals surface area (Å²) in [5.41, 5.74) is 9.15. The molecule has 2 saturated carbocycles. The molecule has 3 N–H and O–H groups in total. The summed E-state index contributed by atoms with van der Waals surface area (Å²) in [6.45, 7) is 1.07. The number of ether oxygens (including phenoxy) is 2. The van der Waals surface area contributed by atoms with E-state index in [1.807, 2.05) is 12.1 Å². The lowest BCUT2D eigenvalue weighted by molar-refractivity contribution is -0.274. The van der Waals surface area contributed by atoms with Crippen molar-refractivity contribution < 1.29 is 27.4 Å². The Morgan fingerprint density at radius 3 is 2.58 bits per heavy atom. The highest BCUT2D eigenvalue weighted by atomic mass is 19.4. The summed E-state index contributed by atoms with van der Waals surface area (Å²) in [5, 5.41) is 4.82. The van der Waals surface area contributed by atoms with Crippen LogP contribution < -0.4 is 15.8 Å². The lowest BCUT2D eigenvalue weighted by Gasteiger charge is -2.30. The van der Waals surface area contributed by atoms with Crippen LogP contribution in [0.15, 0.2) is 48.7 Å². The standard InChI is InChI=1S/C31H38F3N3O3/c32-31(33,34)40-26-12-5-7-21(18-26)22-13-14-29-27(19-22)28(20-37(29)25-10-2-1-3-11-25)23-8-4-9-24(17-23)36-15-6-16-39-30(35)38/h5,7,12-14,18-20,23-25,36H,1-4,6,8-11,15-17H2,(H2,35,38). The second-order valence-corrected chi connectivity index (χ2v) is 11.1. The van der Waals surface area contributed by atoms with Crippen LogP contribution in [0.3, 0.4) is 0 Å². The van der Waals surface area contributed by atoms with Crippen LogP contribution >= 0.6 is 0 Å². The van der Waals surface area contributed by atoms with E-state index >= 15 is 0 Å². The number of rotatable bonds is 9. The first-order valence-corrected chi connectivity index (χ1v) is 14.4. The average Bonchev–Trinajstić information content (AvgIpc) is 3.32. The monoisotopic (exact) mass is 557 g/mol. The molecule has 0 bridgehead atoms. The smallest absolute Gasteiger partial charge is 0.450 e. The molecule has 1 heterocycles. The van der Waals surface area contributed by atoms with Gasteiger partial charge in [0.15, 0.2) is 0 Å². The molecular formula is C31H38F3N3O3. The molecule has 0 radical (unpaired) electrons. The van der Waals surface area contributed by atoms with Gasteiger partial charge in [-0.05, 0) is 91.9 Å². The van der Waals surface area contributed by atoms with Crippen molar-refractivity contribution >= 4 is 17.0 Å². The van der Waals surface area contributed by atoms with Gasteiger partial charge in [0, 0.05) is 29.2 Å². The molecule has 3 aromatic rings. The molecule has 9 heteroatoms. The zero-order chi connectivity index (χ0) is 28.1. The minimum Gasteiger partial charge on any atom is -0.450 e. The van der Waals surface area contributed by atoms with Crippen LogP contribution in [0.5, 0.6) is 5.75 Å². The van der Waals surface area contributed by atoms with Crippen LogP contribution in [0.1, 0.15) is 81.7 Å². The first-order valence-electron chi connectivity index (χ1n) is 14.4. The van der Waals surface area contributed by atoms with Crippen molar-refractivity contribution in [2.24, 2.45) is 5.73 Å². The van der Waals surface area contributed by atoms with Crippen molar-refractivity contribution in [2.45, 2.75) is 88.6 Å². The van der Waals surface area contributed by atoms with E-state index in [1.54, 1.807) is 6.07 Å². The number of benzene rings is 2. The van der Waals surface area contributed by atoms with Gasteiger partial charge in [-0.25, -0.2) is 4.79 Å². The number of nitrogens with zero attached hydrogens (tertiary/aromatic N) is 1. The van der Waals surface area contributed by atoms with Gasteiger partial charge >= 0.3 is 12.5 Å². The summed E-state index contributed by atoms with van der Waals surface area (Å²) in [4.78, 5) is 10.8. The molecule has 0 aliphatic heterocycles. The maximum Gasteiger partial charge on any atom is 0.573 e. The second kappa shape index (κ2) is 12.5. The van der Waals surface area contributed by atoms with Crippen molar-refractivity contribution in [3.8, 4) is 16.9 Å². The Morgan fingerprint density at radius 1 is 1.00 bits per heavy atom. The molecule has 216 valence electrons. The quantitative estimate of drug-likeness (QED) is 0.263. The average molecular weight is 558 g/mol. The molecule has 2 atom stereocenters. The van der Waals surface area contributed by atoms with Crippen molar-refractivity contribution in [1.82, 2.24) is 9.88 Å². The molecule has 2 aromatic carbocycles. The Morgan fingerprint density at radius 2 is 1.80 bits per heavy atom. The fourth-order valence-corrected chi connectivity index (χ4v) is 6.53. The predicted molar refractivity (Wildman–Crippen MR) is 149 cm³/mol. The maximum atomic E-state index is 12.8. The zero-order valence-electron chi connectivity index (χ0n) is 22.7. The van der Waals surface area contributed by atoms with E-state index in [9.17, 15) is 18.0 Å². The summed E-state index contributed by atoms with van der Waals surface area (Å²) in [5.74, 6) is 0.170. The fraction of sp³-hybridized carbons (Fsp3) is 0.516. The Bertz CT molecular complexity index is 1300. The molecule has 1 aromatic heterocycles. The normalized spacial score (nSPS) is 20.5. The number of amides is 1. The van der Waals surface area contributed by atoms with Gasteiger partial charge in [-0.15, -0.1) is 13.2 Å². The van der Waals surface area contributed by atoms with E-state index in [0.717, 1.165) is 37.8 Å². The molecule has 0 saturated heterocycles. The van der Waals surface area contributed by atoms with Crippen LogP contribution in [0.25, 0.3) is 22.0 Å². The molecule has 2 fully saturated rings. The highest BCUT2D eigenvalue weighted by Gasteiger charge is 2.31. The number of carbonyl (C=O) groups excluding carboxylic acids is 1. The van der Waals surface area contributed by atoms with E-state index in [-0.39, 0.29) is 5.75 Å². The highest BCUT2D eigenvalue weighted by molar-refractivity contribution is 5.89. The number of primary amides is 1. The lowest BCUT2D eigenvalue weighted by Crippen LogP contribution is -2.34. The summed E-state index contributed by atoms with van der Waals surface area (Å²) in [6.07, 6.45) is 8.03. The lowest BCUT2D eigenvalue weighted by atomic mass is 9.81. The van der Waals surface area contributed by atoms with E-state index in [0.29, 0.717) is 36.6 Å². The van der Waals surface area contributed by atoms with Crippen molar-refractivity contribution in [1.29, 1.82) is 0 Å². The molecule has 0 spiro atoms. The number of hydrogen-bond acceptors (Lipinski definition) is 4. The van der Waals surface area contributed by atoms with Crippen LogP contribution in [0.4, 0.5) is 18.0 Å². The SMILES string of the molecule is NC(=O)OCCCNC1CCCC(c2cn(C3CCCCC3)c3ccc(-c4cccc(OC(F)(F)F)c4)cc23)C1. The van der Waals surface area contributed by atoms with E-state index < -0.39 is 12.5 Å². The first kappa shape index (κ1) is 28.3. The van der Waals surface area contributed by atoms with Gasteiger partial charge in [0.2, 0.25) is 0 Å². The summed E-state index contributed by atoms with van der Waals surface area (Å²) in [7, 11) is 0. The van der Waals surface area contributed by atoms with Crippen LogP contribution in [0.2, 0.25) is 0 Å². The van der Waals surface area contributed by atoms with Gasteiger partial charge in [-0.3, -0.25) is 0 Å². The zero-order valence-corrected chi connectivity index (χ0v) is 22.7. The molecule has 6 nitrogen and oxygen atoms in total. The number of aromatic nitrogens is 1. The van der Waals surface area contributed by atoms with Gasteiger partial charge < -0.3 is 25.1 Å². The Labute approximate surface area is 233 Å². The van der Waals surface area contributed by atoms with Crippen LogP contribution in [-0.2, 0) is 4.74 Å². The topological polar surface area (TPSA) is 78.5 Å². The number of nitrogens with one attached hydrogen (secondary N) is 1. The number of fused-ring (bicyclic) bond motifs is 1. The maximum absolute atomic E-state index is 12.8. The van der Waals surface area contributed by atoms with Gasteiger partial charge in [0.05, 0.1) is 6.61 Å². The summed E-state index contributed by atoms with van der Waals surface area (Å²) in [6, 6.07) is 13.3. The van der Waals surface area contributed by atoms with E-state index in [2.05, 4.69) is 33.0 Å². The Balaban J connectivity index is 1.42. The third kappa shape index (κ3) is 7.11. The number of carbonyl (C=O) groups is 1. The van der Waals surface area contributed by atoms with Gasteiger partial charge in [-0.2, -0.15) is 0 Å². The third-order valence-electron chi connectivity index (χ3n) is 8.35. The van der Waals surface area contributed by atoms with Gasteiger partial charge in [-0.1, -0.05) is 43.9 Å². The highest BCUT2D eigenvalue weighted by Crippen LogP contribution is 2.42. The van der Waals surface area contributed by atoms with E-state index in [1.165, 1.54) is 60.7 Å². The number of nitrogens with two attached hydrogens (primary N) is 1. The fourth-order valence-electron chi connectivity index (χ4n) is 6.53. The minimum absolute atomic E-state index is 0.215. The molecule has 2 aliphatic rings. The molecule has 5 rings (SSSR count). The molecule has 40 heavy (non-hydrogen) atoms. The summed E-state index contributed by atoms with van der Waals surface area (Å²) >= 11 is 0. The molecule has 1 amide bonds.